The van der Waals surface area contributed by atoms with Crippen molar-refractivity contribution in [3.05, 3.63) is 63.2 Å². The predicted octanol–water partition coefficient (Wildman–Crippen LogP) is 8.69. The average molecular weight is 463 g/mol. The van der Waals surface area contributed by atoms with Crippen LogP contribution in [-0.2, 0) is 6.61 Å². The number of aliphatic hydroxyl groups excluding tert-OH is 1. The van der Waals surface area contributed by atoms with E-state index in [2.05, 4.69) is 52.0 Å². The van der Waals surface area contributed by atoms with Gasteiger partial charge in [0.25, 0.3) is 0 Å². The Kier molecular flexibility index (Phi) is 8.40. The molecule has 186 valence electrons. The van der Waals surface area contributed by atoms with Gasteiger partial charge >= 0.3 is 0 Å². The second-order valence-electron chi connectivity index (χ2n) is 11.4. The molecule has 2 aliphatic carbocycles. The Morgan fingerprint density at radius 2 is 1.26 bits per heavy atom. The second-order valence-corrected chi connectivity index (χ2v) is 11.4. The molecule has 4 rings (SSSR count). The topological polar surface area (TPSA) is 29.5 Å². The second kappa shape index (κ2) is 11.3. The lowest BCUT2D eigenvalue weighted by Crippen LogP contribution is -2.16. The van der Waals surface area contributed by atoms with Crippen molar-refractivity contribution in [1.29, 1.82) is 0 Å². The van der Waals surface area contributed by atoms with E-state index in [1.807, 2.05) is 7.11 Å². The summed E-state index contributed by atoms with van der Waals surface area (Å²) in [4.78, 5) is 0. The molecule has 2 heteroatoms. The zero-order valence-corrected chi connectivity index (χ0v) is 22.3. The van der Waals surface area contributed by atoms with E-state index in [1.54, 1.807) is 0 Å². The van der Waals surface area contributed by atoms with Gasteiger partial charge in [0.05, 0.1) is 13.7 Å². The van der Waals surface area contributed by atoms with Crippen molar-refractivity contribution < 1.29 is 9.84 Å². The Hall–Kier alpha value is -1.80. The minimum absolute atomic E-state index is 0.146. The largest absolute Gasteiger partial charge is 0.496 e. The van der Waals surface area contributed by atoms with Gasteiger partial charge in [0.2, 0.25) is 0 Å². The van der Waals surface area contributed by atoms with Gasteiger partial charge in [-0.2, -0.15) is 0 Å². The van der Waals surface area contributed by atoms with E-state index in [0.29, 0.717) is 23.7 Å². The third-order valence-corrected chi connectivity index (χ3v) is 8.74. The third-order valence-electron chi connectivity index (χ3n) is 8.74. The summed E-state index contributed by atoms with van der Waals surface area (Å²) in [5.74, 6) is 3.13. The van der Waals surface area contributed by atoms with Crippen LogP contribution < -0.4 is 4.74 Å². The number of rotatable bonds is 7. The average Bonchev–Trinajstić information content (AvgIpc) is 2.86. The zero-order chi connectivity index (χ0) is 24.2. The van der Waals surface area contributed by atoms with Crippen molar-refractivity contribution in [2.45, 2.75) is 116 Å². The summed E-state index contributed by atoms with van der Waals surface area (Å²) in [6.07, 6.45) is 13.1. The molecule has 2 aromatic carbocycles. The molecular formula is C32H46O2. The van der Waals surface area contributed by atoms with E-state index < -0.39 is 0 Å². The molecule has 2 aliphatic rings. The summed E-state index contributed by atoms with van der Waals surface area (Å²) < 4.78 is 5.90. The molecule has 2 nitrogen and oxygen atoms in total. The molecule has 0 amide bonds. The predicted molar refractivity (Wildman–Crippen MR) is 143 cm³/mol. The highest BCUT2D eigenvalue weighted by atomic mass is 16.5. The highest BCUT2D eigenvalue weighted by Gasteiger charge is 2.28. The van der Waals surface area contributed by atoms with E-state index in [4.69, 9.17) is 4.74 Å². The zero-order valence-electron chi connectivity index (χ0n) is 22.3. The van der Waals surface area contributed by atoms with Crippen LogP contribution in [0.5, 0.6) is 5.75 Å². The van der Waals surface area contributed by atoms with Gasteiger partial charge in [-0.15, -0.1) is 0 Å². The van der Waals surface area contributed by atoms with Crippen LogP contribution in [0.1, 0.15) is 135 Å². The van der Waals surface area contributed by atoms with Crippen LogP contribution in [-0.4, -0.2) is 12.2 Å². The molecule has 0 spiro atoms. The number of methoxy groups -OCH3 is 1. The highest BCUT2D eigenvalue weighted by molar-refractivity contribution is 5.51. The quantitative estimate of drug-likeness (QED) is 0.446. The smallest absolute Gasteiger partial charge is 0.122 e. The van der Waals surface area contributed by atoms with Crippen molar-refractivity contribution in [3.63, 3.8) is 0 Å². The maximum absolute atomic E-state index is 10.2. The van der Waals surface area contributed by atoms with Gasteiger partial charge in [0, 0.05) is 5.92 Å². The number of hydrogen-bond donors (Lipinski definition) is 1. The van der Waals surface area contributed by atoms with Crippen molar-refractivity contribution in [3.8, 4) is 5.75 Å². The minimum atomic E-state index is 0.146. The SMILES string of the molecule is COc1cc(C)c(C(c2cc(C3CCCCC3)c(CO)cc2C)C(C)C)cc1C1CCCCC1. The fraction of sp³-hybridized carbons (Fsp3) is 0.625. The lowest BCUT2D eigenvalue weighted by Gasteiger charge is -2.31. The monoisotopic (exact) mass is 462 g/mol. The maximum Gasteiger partial charge on any atom is 0.122 e. The maximum atomic E-state index is 10.2. The Morgan fingerprint density at radius 3 is 1.76 bits per heavy atom. The summed E-state index contributed by atoms with van der Waals surface area (Å²) in [5.41, 5.74) is 9.54. The minimum Gasteiger partial charge on any atom is -0.496 e. The molecule has 0 aliphatic heterocycles. The van der Waals surface area contributed by atoms with Gasteiger partial charge in [-0.1, -0.05) is 70.6 Å². The van der Waals surface area contributed by atoms with Crippen LogP contribution in [0.3, 0.4) is 0 Å². The van der Waals surface area contributed by atoms with Crippen LogP contribution in [0.15, 0.2) is 24.3 Å². The summed E-state index contributed by atoms with van der Waals surface area (Å²) >= 11 is 0. The van der Waals surface area contributed by atoms with E-state index in [-0.39, 0.29) is 6.61 Å². The van der Waals surface area contributed by atoms with Gasteiger partial charge < -0.3 is 9.84 Å². The Morgan fingerprint density at radius 1 is 0.765 bits per heavy atom. The lowest BCUT2D eigenvalue weighted by atomic mass is 9.74. The first-order valence-electron chi connectivity index (χ1n) is 13.9. The van der Waals surface area contributed by atoms with Crippen molar-refractivity contribution in [2.24, 2.45) is 5.92 Å². The molecule has 1 N–H and O–H groups in total. The van der Waals surface area contributed by atoms with Crippen molar-refractivity contribution in [2.75, 3.05) is 7.11 Å². The van der Waals surface area contributed by atoms with Crippen molar-refractivity contribution >= 4 is 0 Å². The molecule has 2 saturated carbocycles. The van der Waals surface area contributed by atoms with E-state index >= 15 is 0 Å². The number of aryl methyl sites for hydroxylation is 2. The number of benzene rings is 2. The third kappa shape index (κ3) is 5.23. The number of ether oxygens (including phenoxy) is 1. The van der Waals surface area contributed by atoms with Crippen LogP contribution in [0.2, 0.25) is 0 Å². The normalized spacial score (nSPS) is 18.9. The first kappa shape index (κ1) is 25.3. The van der Waals surface area contributed by atoms with Gasteiger partial charge in [0.15, 0.2) is 0 Å². The van der Waals surface area contributed by atoms with Gasteiger partial charge in [-0.3, -0.25) is 0 Å². The summed E-state index contributed by atoms with van der Waals surface area (Å²) in [6.45, 7) is 9.39. The first-order valence-corrected chi connectivity index (χ1v) is 13.9. The molecule has 0 heterocycles. The number of hydrogen-bond acceptors (Lipinski definition) is 2. The molecule has 2 aromatic rings. The molecule has 0 bridgehead atoms. The van der Waals surface area contributed by atoms with Gasteiger partial charge in [-0.05, 0) is 102 Å². The number of aliphatic hydroxyl groups is 1. The molecule has 0 aromatic heterocycles. The van der Waals surface area contributed by atoms with Crippen LogP contribution >= 0.6 is 0 Å². The highest BCUT2D eigenvalue weighted by Crippen LogP contribution is 2.44. The summed E-state index contributed by atoms with van der Waals surface area (Å²) in [5, 5.41) is 10.2. The van der Waals surface area contributed by atoms with E-state index in [0.717, 1.165) is 11.3 Å². The Bertz CT molecular complexity index is 886. The van der Waals surface area contributed by atoms with E-state index in [1.165, 1.54) is 97.6 Å². The molecule has 1 unspecified atom stereocenters. The molecule has 0 radical (unpaired) electrons. The van der Waals surface area contributed by atoms with Gasteiger partial charge in [-0.25, -0.2) is 0 Å². The Balaban J connectivity index is 1.82. The summed E-state index contributed by atoms with van der Waals surface area (Å²) in [7, 11) is 1.83. The Labute approximate surface area is 208 Å². The van der Waals surface area contributed by atoms with Gasteiger partial charge in [0.1, 0.15) is 5.75 Å². The fourth-order valence-electron chi connectivity index (χ4n) is 6.91. The van der Waals surface area contributed by atoms with Crippen LogP contribution in [0.25, 0.3) is 0 Å². The molecule has 2 fully saturated rings. The molecule has 0 saturated heterocycles. The molecule has 34 heavy (non-hydrogen) atoms. The lowest BCUT2D eigenvalue weighted by molar-refractivity contribution is 0.278. The standard InChI is InChI=1S/C32H46O2/c1-21(2)32(27-18-29(24-12-8-6-9-13-24)26(20-33)16-22(27)3)28-19-30(25-14-10-7-11-15-25)31(34-5)17-23(28)4/h16-19,21,24-25,32-33H,6-15,20H2,1-5H3. The summed E-state index contributed by atoms with van der Waals surface area (Å²) in [6, 6.07) is 9.59. The molecular weight excluding hydrogens is 416 g/mol. The van der Waals surface area contributed by atoms with Crippen LogP contribution in [0, 0.1) is 19.8 Å². The fourth-order valence-corrected chi connectivity index (χ4v) is 6.91. The molecule has 1 atom stereocenters. The first-order chi connectivity index (χ1) is 16.4. The van der Waals surface area contributed by atoms with Crippen LogP contribution in [0.4, 0.5) is 0 Å². The van der Waals surface area contributed by atoms with Crippen molar-refractivity contribution in [1.82, 2.24) is 0 Å². The van der Waals surface area contributed by atoms with E-state index in [9.17, 15) is 5.11 Å².